The molecule has 2 amide bonds. The number of nitrogens with one attached hydrogen (secondary N) is 1. The number of rotatable bonds is 5. The highest BCUT2D eigenvalue weighted by Crippen LogP contribution is 2.27. The van der Waals surface area contributed by atoms with Crippen molar-refractivity contribution in [3.05, 3.63) is 95.6 Å². The maximum Gasteiger partial charge on any atom is 0.316 e. The second kappa shape index (κ2) is 9.20. The first kappa shape index (κ1) is 20.3. The maximum atomic E-state index is 13.2. The van der Waals surface area contributed by atoms with Crippen molar-refractivity contribution in [3.8, 4) is 0 Å². The second-order valence-electron chi connectivity index (χ2n) is 7.36. The van der Waals surface area contributed by atoms with Gasteiger partial charge in [-0.25, -0.2) is 0 Å². The maximum absolute atomic E-state index is 13.2. The fraction of sp³-hybridized carbons (Fsp3) is 0.200. The van der Waals surface area contributed by atoms with Crippen molar-refractivity contribution in [2.24, 2.45) is 0 Å². The summed E-state index contributed by atoms with van der Waals surface area (Å²) in [5, 5.41) is 2.87. The van der Waals surface area contributed by atoms with Crippen LogP contribution in [0.4, 0.5) is 11.4 Å². The number of amides is 2. The van der Waals surface area contributed by atoms with E-state index in [1.54, 1.807) is 0 Å². The van der Waals surface area contributed by atoms with Crippen molar-refractivity contribution in [1.82, 2.24) is 0 Å². The molecule has 0 aliphatic heterocycles. The molecular weight excluding hydrogens is 360 g/mol. The summed E-state index contributed by atoms with van der Waals surface area (Å²) in [4.78, 5) is 27.6. The summed E-state index contributed by atoms with van der Waals surface area (Å²) in [5.41, 5.74) is 4.31. The molecule has 0 unspecified atom stereocenters. The summed E-state index contributed by atoms with van der Waals surface area (Å²) in [6.45, 7) is 6.39. The minimum atomic E-state index is -0.638. The van der Waals surface area contributed by atoms with Gasteiger partial charge in [0.25, 0.3) is 0 Å². The molecule has 0 bridgehead atoms. The average Bonchev–Trinajstić information content (AvgIpc) is 2.74. The van der Waals surface area contributed by atoms with Crippen LogP contribution < -0.4 is 10.2 Å². The predicted octanol–water partition coefficient (Wildman–Crippen LogP) is 5.29. The minimum Gasteiger partial charge on any atom is -0.317 e. The van der Waals surface area contributed by atoms with Crippen molar-refractivity contribution in [2.45, 2.75) is 33.2 Å². The van der Waals surface area contributed by atoms with Crippen molar-refractivity contribution in [3.63, 3.8) is 0 Å². The number of aryl methyl sites for hydroxylation is 1. The lowest BCUT2D eigenvalue weighted by molar-refractivity contribution is -0.134. The van der Waals surface area contributed by atoms with Crippen LogP contribution in [-0.4, -0.2) is 11.8 Å². The number of para-hydroxylation sites is 2. The van der Waals surface area contributed by atoms with Gasteiger partial charge in [0.1, 0.15) is 0 Å². The molecule has 3 rings (SSSR count). The number of benzene rings is 3. The predicted molar refractivity (Wildman–Crippen MR) is 118 cm³/mol. The standard InChI is InChI=1S/C25H26N2O2/c1-18(2)22-16-10-11-19(3)23(22)26-24(28)25(29)27(21-14-8-5-9-15-21)17-20-12-6-4-7-13-20/h4-16,18H,17H2,1-3H3,(H,26,28). The van der Waals surface area contributed by atoms with Gasteiger partial charge >= 0.3 is 11.8 Å². The highest BCUT2D eigenvalue weighted by atomic mass is 16.2. The van der Waals surface area contributed by atoms with Crippen LogP contribution in [0.5, 0.6) is 0 Å². The Morgan fingerprint density at radius 2 is 1.48 bits per heavy atom. The lowest BCUT2D eigenvalue weighted by atomic mass is 9.98. The Bertz CT molecular complexity index is 982. The SMILES string of the molecule is Cc1cccc(C(C)C)c1NC(=O)C(=O)N(Cc1ccccc1)c1ccccc1. The summed E-state index contributed by atoms with van der Waals surface area (Å²) in [6.07, 6.45) is 0. The molecule has 0 aromatic heterocycles. The lowest BCUT2D eigenvalue weighted by Crippen LogP contribution is -2.39. The van der Waals surface area contributed by atoms with E-state index in [1.165, 1.54) is 4.90 Å². The summed E-state index contributed by atoms with van der Waals surface area (Å²) >= 11 is 0. The molecular formula is C25H26N2O2. The monoisotopic (exact) mass is 386 g/mol. The van der Waals surface area contributed by atoms with Crippen molar-refractivity contribution in [2.75, 3.05) is 10.2 Å². The third-order valence-corrected chi connectivity index (χ3v) is 4.86. The van der Waals surface area contributed by atoms with Gasteiger partial charge in [-0.2, -0.15) is 0 Å². The Morgan fingerprint density at radius 1 is 0.862 bits per heavy atom. The van der Waals surface area contributed by atoms with Gasteiger partial charge in [-0.15, -0.1) is 0 Å². The normalized spacial score (nSPS) is 10.6. The molecule has 0 saturated heterocycles. The second-order valence-corrected chi connectivity index (χ2v) is 7.36. The summed E-state index contributed by atoms with van der Waals surface area (Å²) < 4.78 is 0. The quantitative estimate of drug-likeness (QED) is 0.606. The van der Waals surface area contributed by atoms with Gasteiger partial charge in [0.05, 0.1) is 6.54 Å². The molecule has 1 N–H and O–H groups in total. The summed E-state index contributed by atoms with van der Waals surface area (Å²) in [6, 6.07) is 24.8. The summed E-state index contributed by atoms with van der Waals surface area (Å²) in [5.74, 6) is -0.992. The van der Waals surface area contributed by atoms with E-state index in [-0.39, 0.29) is 5.92 Å². The third kappa shape index (κ3) is 4.91. The number of carbonyl (C=O) groups is 2. The zero-order chi connectivity index (χ0) is 20.8. The highest BCUT2D eigenvalue weighted by molar-refractivity contribution is 6.44. The van der Waals surface area contributed by atoms with Gasteiger partial charge in [-0.1, -0.05) is 80.6 Å². The summed E-state index contributed by atoms with van der Waals surface area (Å²) in [7, 11) is 0. The molecule has 148 valence electrons. The van der Waals surface area contributed by atoms with Crippen LogP contribution in [0.15, 0.2) is 78.9 Å². The molecule has 4 heteroatoms. The molecule has 29 heavy (non-hydrogen) atoms. The number of carbonyl (C=O) groups excluding carboxylic acids is 2. The van der Waals surface area contributed by atoms with Crippen molar-refractivity contribution in [1.29, 1.82) is 0 Å². The highest BCUT2D eigenvalue weighted by Gasteiger charge is 2.25. The molecule has 0 saturated carbocycles. The smallest absolute Gasteiger partial charge is 0.316 e. The van der Waals surface area contributed by atoms with Crippen LogP contribution in [0.25, 0.3) is 0 Å². The molecule has 0 heterocycles. The number of hydrogen-bond acceptors (Lipinski definition) is 2. The van der Waals surface area contributed by atoms with E-state index in [2.05, 4.69) is 19.2 Å². The van der Waals surface area contributed by atoms with Crippen LogP contribution in [-0.2, 0) is 16.1 Å². The Hall–Kier alpha value is -3.40. The molecule has 4 nitrogen and oxygen atoms in total. The molecule has 0 radical (unpaired) electrons. The topological polar surface area (TPSA) is 49.4 Å². The van der Waals surface area contributed by atoms with Crippen molar-refractivity contribution >= 4 is 23.2 Å². The van der Waals surface area contributed by atoms with Crippen LogP contribution >= 0.6 is 0 Å². The Kier molecular flexibility index (Phi) is 6.45. The fourth-order valence-electron chi connectivity index (χ4n) is 3.29. The Balaban J connectivity index is 1.89. The van der Waals surface area contributed by atoms with E-state index in [1.807, 2.05) is 85.8 Å². The van der Waals surface area contributed by atoms with Gasteiger partial charge in [-0.05, 0) is 41.7 Å². The first-order valence-electron chi connectivity index (χ1n) is 9.78. The molecule has 3 aromatic carbocycles. The third-order valence-electron chi connectivity index (χ3n) is 4.86. The van der Waals surface area contributed by atoms with E-state index in [4.69, 9.17) is 0 Å². The fourth-order valence-corrected chi connectivity index (χ4v) is 3.29. The van der Waals surface area contributed by atoms with Gasteiger partial charge in [-0.3, -0.25) is 14.5 Å². The van der Waals surface area contributed by atoms with Crippen LogP contribution in [0.1, 0.15) is 36.5 Å². The van der Waals surface area contributed by atoms with E-state index < -0.39 is 11.8 Å². The largest absolute Gasteiger partial charge is 0.317 e. The first-order chi connectivity index (χ1) is 14.0. The van der Waals surface area contributed by atoms with E-state index in [0.29, 0.717) is 17.9 Å². The lowest BCUT2D eigenvalue weighted by Gasteiger charge is -2.23. The number of hydrogen-bond donors (Lipinski definition) is 1. The molecule has 0 aliphatic rings. The van der Waals surface area contributed by atoms with Crippen LogP contribution in [0.2, 0.25) is 0 Å². The molecule has 0 fully saturated rings. The van der Waals surface area contributed by atoms with Gasteiger partial charge in [0.2, 0.25) is 0 Å². The van der Waals surface area contributed by atoms with E-state index in [0.717, 1.165) is 16.7 Å². The zero-order valence-electron chi connectivity index (χ0n) is 17.1. The molecule has 3 aromatic rings. The molecule has 0 aliphatic carbocycles. The number of nitrogens with zero attached hydrogens (tertiary/aromatic N) is 1. The Morgan fingerprint density at radius 3 is 2.10 bits per heavy atom. The number of anilines is 2. The van der Waals surface area contributed by atoms with E-state index >= 15 is 0 Å². The van der Waals surface area contributed by atoms with E-state index in [9.17, 15) is 9.59 Å². The zero-order valence-corrected chi connectivity index (χ0v) is 17.1. The van der Waals surface area contributed by atoms with Gasteiger partial charge in [0, 0.05) is 11.4 Å². The van der Waals surface area contributed by atoms with Gasteiger partial charge < -0.3 is 5.32 Å². The molecule has 0 spiro atoms. The molecule has 0 atom stereocenters. The minimum absolute atomic E-state index is 0.231. The van der Waals surface area contributed by atoms with Crippen LogP contribution in [0, 0.1) is 6.92 Å². The first-order valence-corrected chi connectivity index (χ1v) is 9.78. The van der Waals surface area contributed by atoms with Gasteiger partial charge in [0.15, 0.2) is 0 Å². The van der Waals surface area contributed by atoms with Crippen molar-refractivity contribution < 1.29 is 9.59 Å². The van der Waals surface area contributed by atoms with Crippen LogP contribution in [0.3, 0.4) is 0 Å². The average molecular weight is 386 g/mol. The Labute approximate surface area is 172 Å².